The first-order valence-electron chi connectivity index (χ1n) is 9.45. The molecular weight excluding hydrogens is 385 g/mol. The van der Waals surface area contributed by atoms with Crippen molar-refractivity contribution in [1.29, 1.82) is 0 Å². The van der Waals surface area contributed by atoms with E-state index in [0.29, 0.717) is 23.6 Å². The molecule has 0 spiro atoms. The maximum atomic E-state index is 13.4. The lowest BCUT2D eigenvalue weighted by Crippen LogP contribution is -2.07. The van der Waals surface area contributed by atoms with Gasteiger partial charge >= 0.3 is 0 Å². The highest BCUT2D eigenvalue weighted by atomic mass is 19.1. The summed E-state index contributed by atoms with van der Waals surface area (Å²) in [5.41, 5.74) is 3.89. The van der Waals surface area contributed by atoms with Crippen molar-refractivity contribution in [2.45, 2.75) is 13.5 Å². The number of ether oxygens (including phenoxy) is 1. The maximum Gasteiger partial charge on any atom is 0.146 e. The zero-order valence-corrected chi connectivity index (χ0v) is 16.3. The van der Waals surface area contributed by atoms with Crippen LogP contribution in [0.3, 0.4) is 0 Å². The van der Waals surface area contributed by atoms with Gasteiger partial charge in [-0.2, -0.15) is 10.2 Å². The minimum absolute atomic E-state index is 0.120. The first kappa shape index (κ1) is 19.7. The van der Waals surface area contributed by atoms with E-state index in [2.05, 4.69) is 25.5 Å². The summed E-state index contributed by atoms with van der Waals surface area (Å²) in [5, 5.41) is 21.4. The lowest BCUT2D eigenvalue weighted by Gasteiger charge is -2.14. The molecule has 0 amide bonds. The summed E-state index contributed by atoms with van der Waals surface area (Å²) >= 11 is 0. The molecule has 0 aliphatic rings. The Kier molecular flexibility index (Phi) is 5.76. The van der Waals surface area contributed by atoms with E-state index in [1.807, 2.05) is 31.2 Å². The summed E-state index contributed by atoms with van der Waals surface area (Å²) in [5.74, 6) is 0.822. The molecule has 4 rings (SSSR count). The Morgan fingerprint density at radius 3 is 2.57 bits per heavy atom. The molecule has 0 atom stereocenters. The average molecular weight is 405 g/mol. The zero-order chi connectivity index (χ0) is 20.9. The number of hydrogen-bond donors (Lipinski definition) is 2. The molecule has 2 heterocycles. The number of aryl methyl sites for hydroxylation is 1. The number of hydrogen-bond acceptors (Lipinski definition) is 7. The molecule has 30 heavy (non-hydrogen) atoms. The predicted octanol–water partition coefficient (Wildman–Crippen LogP) is 3.52. The van der Waals surface area contributed by atoms with Gasteiger partial charge in [0.15, 0.2) is 0 Å². The SMILES string of the molecule is Cc1ccc(CNc2ncnc3c(OCCO)cc(-c4ccc(F)cc4)cc23)nn1. The van der Waals surface area contributed by atoms with Crippen LogP contribution in [0.1, 0.15) is 11.4 Å². The van der Waals surface area contributed by atoms with Gasteiger partial charge in [0.05, 0.1) is 24.5 Å². The Labute approximate surface area is 172 Å². The van der Waals surface area contributed by atoms with Crippen molar-refractivity contribution in [1.82, 2.24) is 20.2 Å². The van der Waals surface area contributed by atoms with Crippen LogP contribution in [0.25, 0.3) is 22.0 Å². The monoisotopic (exact) mass is 405 g/mol. The highest BCUT2D eigenvalue weighted by molar-refractivity contribution is 5.96. The van der Waals surface area contributed by atoms with Gasteiger partial charge in [-0.05, 0) is 54.4 Å². The summed E-state index contributed by atoms with van der Waals surface area (Å²) in [6.07, 6.45) is 1.45. The van der Waals surface area contributed by atoms with Crippen LogP contribution < -0.4 is 10.1 Å². The van der Waals surface area contributed by atoms with E-state index in [1.54, 1.807) is 12.1 Å². The summed E-state index contributed by atoms with van der Waals surface area (Å²) in [6, 6.07) is 13.8. The summed E-state index contributed by atoms with van der Waals surface area (Å²) in [6.45, 7) is 2.33. The standard InChI is InChI=1S/C22H20FN5O2/c1-14-2-7-18(28-27-14)12-24-22-19-10-16(15-3-5-17(23)6-4-15)11-20(30-9-8-29)21(19)25-13-26-22/h2-7,10-11,13,29H,8-9,12H2,1H3,(H,24,25,26). The Morgan fingerprint density at radius 1 is 1.00 bits per heavy atom. The van der Waals surface area contributed by atoms with E-state index < -0.39 is 0 Å². The number of aliphatic hydroxyl groups excluding tert-OH is 1. The van der Waals surface area contributed by atoms with E-state index in [0.717, 1.165) is 27.9 Å². The van der Waals surface area contributed by atoms with Crippen molar-refractivity contribution in [3.05, 3.63) is 72.1 Å². The predicted molar refractivity (Wildman–Crippen MR) is 112 cm³/mol. The Bertz CT molecular complexity index is 1150. The van der Waals surface area contributed by atoms with Crippen molar-refractivity contribution in [3.8, 4) is 16.9 Å². The van der Waals surface area contributed by atoms with Crippen LogP contribution in [0.2, 0.25) is 0 Å². The van der Waals surface area contributed by atoms with Gasteiger partial charge in [-0.1, -0.05) is 12.1 Å². The van der Waals surface area contributed by atoms with Gasteiger partial charge in [-0.3, -0.25) is 0 Å². The molecule has 0 radical (unpaired) electrons. The number of nitrogens with zero attached hydrogens (tertiary/aromatic N) is 4. The van der Waals surface area contributed by atoms with Crippen LogP contribution in [0.15, 0.2) is 54.9 Å². The number of anilines is 1. The molecule has 4 aromatic rings. The second kappa shape index (κ2) is 8.79. The molecule has 0 unspecified atom stereocenters. The third-order valence-electron chi connectivity index (χ3n) is 4.52. The topological polar surface area (TPSA) is 93.1 Å². The van der Waals surface area contributed by atoms with Crippen LogP contribution in [0.5, 0.6) is 5.75 Å². The number of benzene rings is 2. The second-order valence-electron chi connectivity index (χ2n) is 6.69. The Hall–Kier alpha value is -3.65. The lowest BCUT2D eigenvalue weighted by atomic mass is 10.0. The molecule has 7 nitrogen and oxygen atoms in total. The van der Waals surface area contributed by atoms with Crippen LogP contribution >= 0.6 is 0 Å². The molecule has 2 N–H and O–H groups in total. The number of fused-ring (bicyclic) bond motifs is 1. The molecule has 0 saturated carbocycles. The van der Waals surface area contributed by atoms with E-state index in [-0.39, 0.29) is 19.0 Å². The van der Waals surface area contributed by atoms with E-state index in [1.165, 1.54) is 18.5 Å². The fraction of sp³-hybridized carbons (Fsp3) is 0.182. The van der Waals surface area contributed by atoms with Gasteiger partial charge in [-0.15, -0.1) is 0 Å². The van der Waals surface area contributed by atoms with Crippen LogP contribution in [0, 0.1) is 12.7 Å². The van der Waals surface area contributed by atoms with Crippen molar-refractivity contribution >= 4 is 16.7 Å². The fourth-order valence-electron chi connectivity index (χ4n) is 3.05. The largest absolute Gasteiger partial charge is 0.489 e. The summed E-state index contributed by atoms with van der Waals surface area (Å²) in [4.78, 5) is 8.74. The van der Waals surface area contributed by atoms with Gasteiger partial charge in [0.2, 0.25) is 0 Å². The van der Waals surface area contributed by atoms with Crippen LogP contribution in [0.4, 0.5) is 10.2 Å². The Morgan fingerprint density at radius 2 is 1.83 bits per heavy atom. The number of nitrogens with one attached hydrogen (secondary N) is 1. The summed E-state index contributed by atoms with van der Waals surface area (Å²) in [7, 11) is 0. The van der Waals surface area contributed by atoms with Crippen molar-refractivity contribution in [2.75, 3.05) is 18.5 Å². The van der Waals surface area contributed by atoms with Crippen LogP contribution in [-0.4, -0.2) is 38.5 Å². The van der Waals surface area contributed by atoms with Gasteiger partial charge < -0.3 is 15.2 Å². The number of halogens is 1. The second-order valence-corrected chi connectivity index (χ2v) is 6.69. The van der Waals surface area contributed by atoms with E-state index >= 15 is 0 Å². The van der Waals surface area contributed by atoms with Crippen molar-refractivity contribution < 1.29 is 14.2 Å². The molecule has 8 heteroatoms. The van der Waals surface area contributed by atoms with Gasteiger partial charge in [-0.25, -0.2) is 14.4 Å². The normalized spacial score (nSPS) is 10.9. The maximum absolute atomic E-state index is 13.4. The smallest absolute Gasteiger partial charge is 0.146 e. The van der Waals surface area contributed by atoms with Crippen LogP contribution in [-0.2, 0) is 6.54 Å². The highest BCUT2D eigenvalue weighted by Gasteiger charge is 2.13. The zero-order valence-electron chi connectivity index (χ0n) is 16.3. The summed E-state index contributed by atoms with van der Waals surface area (Å²) < 4.78 is 19.1. The minimum atomic E-state index is -0.304. The molecule has 0 saturated heterocycles. The average Bonchev–Trinajstić information content (AvgIpc) is 2.77. The fourth-order valence-corrected chi connectivity index (χ4v) is 3.05. The molecule has 152 valence electrons. The minimum Gasteiger partial charge on any atom is -0.489 e. The Balaban J connectivity index is 1.75. The third-order valence-corrected chi connectivity index (χ3v) is 4.52. The van der Waals surface area contributed by atoms with E-state index in [9.17, 15) is 9.50 Å². The molecule has 0 fully saturated rings. The number of rotatable bonds is 7. The molecule has 2 aromatic heterocycles. The van der Waals surface area contributed by atoms with Gasteiger partial charge in [0, 0.05) is 5.39 Å². The van der Waals surface area contributed by atoms with E-state index in [4.69, 9.17) is 4.74 Å². The molecule has 0 aliphatic carbocycles. The molecule has 2 aromatic carbocycles. The lowest BCUT2D eigenvalue weighted by molar-refractivity contribution is 0.202. The highest BCUT2D eigenvalue weighted by Crippen LogP contribution is 2.34. The molecular formula is C22H20FN5O2. The number of aromatic nitrogens is 4. The molecule has 0 aliphatic heterocycles. The van der Waals surface area contributed by atoms with Crippen molar-refractivity contribution in [3.63, 3.8) is 0 Å². The first-order valence-corrected chi connectivity index (χ1v) is 9.45. The van der Waals surface area contributed by atoms with Gasteiger partial charge in [0.25, 0.3) is 0 Å². The molecule has 0 bridgehead atoms. The van der Waals surface area contributed by atoms with Crippen molar-refractivity contribution in [2.24, 2.45) is 0 Å². The third kappa shape index (κ3) is 4.33. The van der Waals surface area contributed by atoms with Gasteiger partial charge in [0.1, 0.15) is 35.8 Å². The number of aliphatic hydroxyl groups is 1. The quantitative estimate of drug-likeness (QED) is 0.486. The first-order chi connectivity index (χ1) is 14.6.